The summed E-state index contributed by atoms with van der Waals surface area (Å²) in [6.45, 7) is 0.547. The number of halogens is 2. The molecule has 2 rings (SSSR count). The van der Waals surface area contributed by atoms with E-state index >= 15 is 0 Å². The van der Waals surface area contributed by atoms with Crippen molar-refractivity contribution in [1.82, 2.24) is 10.0 Å². The molecule has 4 N–H and O–H groups in total. The summed E-state index contributed by atoms with van der Waals surface area (Å²) in [4.78, 5) is 11.4. The van der Waals surface area contributed by atoms with Crippen LogP contribution in [0.25, 0.3) is 0 Å². The van der Waals surface area contributed by atoms with Crippen molar-refractivity contribution in [3.05, 3.63) is 22.2 Å². The number of carbonyl (C=O) groups excluding carboxylic acids is 1. The fourth-order valence-corrected chi connectivity index (χ4v) is 3.89. The summed E-state index contributed by atoms with van der Waals surface area (Å²) >= 11 is 11.7. The molecule has 1 amide bonds. The zero-order chi connectivity index (χ0) is 14.9. The van der Waals surface area contributed by atoms with E-state index in [-0.39, 0.29) is 26.5 Å². The minimum absolute atomic E-state index is 0.00990. The van der Waals surface area contributed by atoms with E-state index in [0.717, 1.165) is 0 Å². The van der Waals surface area contributed by atoms with Gasteiger partial charge in [0.05, 0.1) is 15.7 Å². The Morgan fingerprint density at radius 3 is 2.70 bits per heavy atom. The van der Waals surface area contributed by atoms with Crippen LogP contribution in [0.4, 0.5) is 5.69 Å². The summed E-state index contributed by atoms with van der Waals surface area (Å²) < 4.78 is 26.8. The highest BCUT2D eigenvalue weighted by atomic mass is 35.5. The van der Waals surface area contributed by atoms with E-state index in [4.69, 9.17) is 28.9 Å². The first-order valence-corrected chi connectivity index (χ1v) is 8.10. The van der Waals surface area contributed by atoms with E-state index in [1.54, 1.807) is 0 Å². The van der Waals surface area contributed by atoms with Gasteiger partial charge in [0.25, 0.3) is 0 Å². The van der Waals surface area contributed by atoms with Crippen LogP contribution in [0.15, 0.2) is 17.0 Å². The Morgan fingerprint density at radius 2 is 2.05 bits per heavy atom. The topological polar surface area (TPSA) is 101 Å². The first-order valence-electron chi connectivity index (χ1n) is 5.86. The molecule has 0 radical (unpaired) electrons. The van der Waals surface area contributed by atoms with Crippen molar-refractivity contribution < 1.29 is 13.2 Å². The number of hydrogen-bond acceptors (Lipinski definition) is 4. The van der Waals surface area contributed by atoms with E-state index in [9.17, 15) is 13.2 Å². The van der Waals surface area contributed by atoms with Crippen LogP contribution in [0.2, 0.25) is 10.0 Å². The van der Waals surface area contributed by atoms with Crippen molar-refractivity contribution >= 4 is 44.8 Å². The molecule has 1 aliphatic heterocycles. The Kier molecular flexibility index (Phi) is 4.43. The second-order valence-corrected chi connectivity index (χ2v) is 6.85. The molecular formula is C11H13Cl2N3O3S. The van der Waals surface area contributed by atoms with Crippen LogP contribution in [0.5, 0.6) is 0 Å². The van der Waals surface area contributed by atoms with Gasteiger partial charge in [0.1, 0.15) is 10.9 Å². The molecule has 110 valence electrons. The number of nitrogen functional groups attached to an aromatic ring is 1. The van der Waals surface area contributed by atoms with Gasteiger partial charge in [0.2, 0.25) is 15.9 Å². The maximum absolute atomic E-state index is 12.3. The number of amides is 1. The highest BCUT2D eigenvalue weighted by Gasteiger charge is 2.29. The first kappa shape index (κ1) is 15.4. The maximum Gasteiger partial charge on any atom is 0.242 e. The summed E-state index contributed by atoms with van der Waals surface area (Å²) in [5.41, 5.74) is 5.59. The van der Waals surface area contributed by atoms with Gasteiger partial charge in [-0.1, -0.05) is 23.2 Å². The monoisotopic (exact) mass is 337 g/mol. The van der Waals surface area contributed by atoms with Gasteiger partial charge in [0.15, 0.2) is 0 Å². The highest BCUT2D eigenvalue weighted by Crippen LogP contribution is 2.33. The number of nitrogens with two attached hydrogens (primary N) is 1. The lowest BCUT2D eigenvalue weighted by molar-refractivity contribution is -0.124. The molecule has 0 saturated carbocycles. The number of anilines is 1. The maximum atomic E-state index is 12.3. The number of sulfonamides is 1. The summed E-state index contributed by atoms with van der Waals surface area (Å²) in [6.07, 6.45) is 1.14. The molecule has 20 heavy (non-hydrogen) atoms. The van der Waals surface area contributed by atoms with Crippen LogP contribution in [0.1, 0.15) is 12.8 Å². The Labute approximate surface area is 126 Å². The van der Waals surface area contributed by atoms with E-state index < -0.39 is 16.1 Å². The smallest absolute Gasteiger partial charge is 0.242 e. The Bertz CT molecular complexity index is 649. The van der Waals surface area contributed by atoms with Crippen molar-refractivity contribution in [2.75, 3.05) is 12.3 Å². The fraction of sp³-hybridized carbons (Fsp3) is 0.364. The van der Waals surface area contributed by atoms with Gasteiger partial charge in [-0.05, 0) is 25.0 Å². The van der Waals surface area contributed by atoms with Gasteiger partial charge in [0, 0.05) is 6.54 Å². The molecule has 0 bridgehead atoms. The molecule has 9 heteroatoms. The highest BCUT2D eigenvalue weighted by molar-refractivity contribution is 7.89. The average molecular weight is 338 g/mol. The zero-order valence-electron chi connectivity index (χ0n) is 10.3. The SMILES string of the molecule is Nc1c(Cl)ccc(S(=O)(=O)NC2CCCNC2=O)c1Cl. The standard InChI is InChI=1S/C11H13Cl2N3O3S/c12-6-3-4-8(9(13)10(6)14)20(18,19)16-7-2-1-5-15-11(7)17/h3-4,7,16H,1-2,5,14H2,(H,15,17). The van der Waals surface area contributed by atoms with E-state index in [1.807, 2.05) is 0 Å². The Balaban J connectivity index is 2.31. The number of rotatable bonds is 3. The summed E-state index contributed by atoms with van der Waals surface area (Å²) in [7, 11) is -3.94. The van der Waals surface area contributed by atoms with Crippen LogP contribution >= 0.6 is 23.2 Å². The zero-order valence-corrected chi connectivity index (χ0v) is 12.6. The molecule has 0 aromatic heterocycles. The number of nitrogens with one attached hydrogen (secondary N) is 2. The molecule has 0 spiro atoms. The summed E-state index contributed by atoms with van der Waals surface area (Å²) in [5, 5.41) is 2.62. The number of piperidine rings is 1. The average Bonchev–Trinajstić information content (AvgIpc) is 2.38. The molecule has 1 atom stereocenters. The lowest BCUT2D eigenvalue weighted by Crippen LogP contribution is -2.50. The van der Waals surface area contributed by atoms with Gasteiger partial charge in [-0.25, -0.2) is 8.42 Å². The second kappa shape index (κ2) is 5.77. The van der Waals surface area contributed by atoms with Crippen LogP contribution < -0.4 is 15.8 Å². The Hall–Kier alpha value is -1.02. The van der Waals surface area contributed by atoms with Crippen molar-refractivity contribution in [1.29, 1.82) is 0 Å². The molecule has 0 aliphatic carbocycles. The van der Waals surface area contributed by atoms with Crippen LogP contribution in [-0.2, 0) is 14.8 Å². The molecule has 1 aliphatic rings. The number of benzene rings is 1. The molecular weight excluding hydrogens is 325 g/mol. The van der Waals surface area contributed by atoms with Gasteiger partial charge in [-0.2, -0.15) is 4.72 Å². The van der Waals surface area contributed by atoms with Crippen molar-refractivity contribution in [2.45, 2.75) is 23.8 Å². The van der Waals surface area contributed by atoms with Crippen LogP contribution in [-0.4, -0.2) is 26.9 Å². The van der Waals surface area contributed by atoms with E-state index in [2.05, 4.69) is 10.0 Å². The quantitative estimate of drug-likeness (QED) is 0.719. The van der Waals surface area contributed by atoms with Crippen molar-refractivity contribution in [3.8, 4) is 0 Å². The predicted molar refractivity (Wildman–Crippen MR) is 77.2 cm³/mol. The number of hydrogen-bond donors (Lipinski definition) is 3. The van der Waals surface area contributed by atoms with Gasteiger partial charge < -0.3 is 11.1 Å². The van der Waals surface area contributed by atoms with Crippen LogP contribution in [0, 0.1) is 0 Å². The third-order valence-corrected chi connectivity index (χ3v) is 5.33. The normalized spacial score (nSPS) is 19.7. The third kappa shape index (κ3) is 3.01. The molecule has 6 nitrogen and oxygen atoms in total. The van der Waals surface area contributed by atoms with Gasteiger partial charge in [-0.15, -0.1) is 0 Å². The van der Waals surface area contributed by atoms with E-state index in [0.29, 0.717) is 19.4 Å². The predicted octanol–water partition coefficient (Wildman–Crippen LogP) is 1.13. The molecule has 1 saturated heterocycles. The fourth-order valence-electron chi connectivity index (χ4n) is 1.89. The molecule has 1 unspecified atom stereocenters. The lowest BCUT2D eigenvalue weighted by atomic mass is 10.1. The summed E-state index contributed by atoms with van der Waals surface area (Å²) in [6, 6.07) is 1.80. The second-order valence-electron chi connectivity index (χ2n) is 4.38. The summed E-state index contributed by atoms with van der Waals surface area (Å²) in [5.74, 6) is -0.349. The molecule has 1 aromatic rings. The van der Waals surface area contributed by atoms with Gasteiger partial charge in [-0.3, -0.25) is 4.79 Å². The molecule has 1 fully saturated rings. The third-order valence-electron chi connectivity index (χ3n) is 2.96. The van der Waals surface area contributed by atoms with Crippen molar-refractivity contribution in [3.63, 3.8) is 0 Å². The molecule has 1 aromatic carbocycles. The Morgan fingerprint density at radius 1 is 1.35 bits per heavy atom. The molecule has 1 heterocycles. The van der Waals surface area contributed by atoms with Crippen LogP contribution in [0.3, 0.4) is 0 Å². The first-order chi connectivity index (χ1) is 9.33. The largest absolute Gasteiger partial charge is 0.396 e. The minimum atomic E-state index is -3.94. The minimum Gasteiger partial charge on any atom is -0.396 e. The van der Waals surface area contributed by atoms with Gasteiger partial charge >= 0.3 is 0 Å². The number of carbonyl (C=O) groups is 1. The lowest BCUT2D eigenvalue weighted by Gasteiger charge is -2.23. The van der Waals surface area contributed by atoms with E-state index in [1.165, 1.54) is 12.1 Å². The van der Waals surface area contributed by atoms with Crippen molar-refractivity contribution in [2.24, 2.45) is 0 Å².